The van der Waals surface area contributed by atoms with E-state index in [4.69, 9.17) is 9.47 Å². The molecule has 0 aliphatic carbocycles. The maximum Gasteiger partial charge on any atom is 0.0685 e. The number of hydrogen-bond acceptors (Lipinski definition) is 2. The van der Waals surface area contributed by atoms with E-state index in [1.165, 1.54) is 44.9 Å². The Balaban J connectivity index is 2.21. The molecule has 2 unspecified atom stereocenters. The third kappa shape index (κ3) is 4.29. The highest BCUT2D eigenvalue weighted by Gasteiger charge is 2.35. The van der Waals surface area contributed by atoms with Gasteiger partial charge in [-0.15, -0.1) is 0 Å². The van der Waals surface area contributed by atoms with Gasteiger partial charge >= 0.3 is 0 Å². The molecule has 2 atom stereocenters. The summed E-state index contributed by atoms with van der Waals surface area (Å²) in [5.74, 6) is 0.700. The summed E-state index contributed by atoms with van der Waals surface area (Å²) in [4.78, 5) is 0. The number of rotatable bonds is 4. The topological polar surface area (TPSA) is 18.5 Å². The summed E-state index contributed by atoms with van der Waals surface area (Å²) in [7, 11) is 2.20. The highest BCUT2D eigenvalue weighted by molar-refractivity contribution is 6.18. The first kappa shape index (κ1) is 16.5. The summed E-state index contributed by atoms with van der Waals surface area (Å²) in [6.07, 6.45) is 11.3. The summed E-state index contributed by atoms with van der Waals surface area (Å²) < 4.78 is 12.4. The summed E-state index contributed by atoms with van der Waals surface area (Å²) in [6.45, 7) is 6.55. The van der Waals surface area contributed by atoms with E-state index in [9.17, 15) is 0 Å². The minimum atomic E-state index is 0.0840. The Morgan fingerprint density at radius 1 is 1.05 bits per heavy atom. The molecule has 4 heteroatoms. The molecule has 2 aliphatic rings. The van der Waals surface area contributed by atoms with E-state index < -0.39 is 0 Å². The molecule has 0 aromatic heterocycles. The fourth-order valence-corrected chi connectivity index (χ4v) is 5.30. The molecule has 2 fully saturated rings. The SMILES string of the molecule is CC(C)CC(=CC1([SiH3])CCCCO1)C1([SiH3])CCCCO1. The second-order valence-electron chi connectivity index (χ2n) is 7.42. The van der Waals surface area contributed by atoms with E-state index in [2.05, 4.69) is 19.9 Å². The third-order valence-corrected chi connectivity index (χ3v) is 7.26. The molecule has 0 N–H and O–H groups in total. The van der Waals surface area contributed by atoms with Crippen LogP contribution < -0.4 is 0 Å². The first-order valence-corrected chi connectivity index (χ1v) is 10.4. The van der Waals surface area contributed by atoms with Crippen molar-refractivity contribution in [1.82, 2.24) is 0 Å². The molecular formula is C16H32O2Si2. The van der Waals surface area contributed by atoms with Crippen molar-refractivity contribution in [2.45, 2.75) is 69.2 Å². The largest absolute Gasteiger partial charge is 0.376 e. The third-order valence-electron chi connectivity index (χ3n) is 4.76. The summed E-state index contributed by atoms with van der Waals surface area (Å²) in [6, 6.07) is 0. The summed E-state index contributed by atoms with van der Waals surface area (Å²) in [5.41, 5.74) is 1.57. The van der Waals surface area contributed by atoms with Crippen molar-refractivity contribution < 1.29 is 9.47 Å². The van der Waals surface area contributed by atoms with Crippen molar-refractivity contribution >= 4 is 20.5 Å². The fourth-order valence-electron chi connectivity index (χ4n) is 3.49. The Morgan fingerprint density at radius 2 is 1.70 bits per heavy atom. The van der Waals surface area contributed by atoms with Crippen LogP contribution in [0.5, 0.6) is 0 Å². The van der Waals surface area contributed by atoms with Gasteiger partial charge in [-0.25, -0.2) is 0 Å². The lowest BCUT2D eigenvalue weighted by Gasteiger charge is -2.40. The zero-order chi connectivity index (χ0) is 14.6. The first-order chi connectivity index (χ1) is 9.44. The van der Waals surface area contributed by atoms with Gasteiger partial charge in [-0.1, -0.05) is 19.9 Å². The Kier molecular flexibility index (Phi) is 5.68. The van der Waals surface area contributed by atoms with Gasteiger partial charge in [-0.2, -0.15) is 0 Å². The van der Waals surface area contributed by atoms with Crippen LogP contribution in [0.15, 0.2) is 11.6 Å². The molecule has 0 aromatic carbocycles. The number of hydrogen-bond donors (Lipinski definition) is 0. The molecular weight excluding hydrogens is 280 g/mol. The van der Waals surface area contributed by atoms with Gasteiger partial charge in [0.25, 0.3) is 0 Å². The Bertz CT molecular complexity index is 340. The van der Waals surface area contributed by atoms with Gasteiger partial charge < -0.3 is 9.47 Å². The zero-order valence-corrected chi connectivity index (χ0v) is 17.8. The quantitative estimate of drug-likeness (QED) is 0.578. The van der Waals surface area contributed by atoms with Crippen LogP contribution >= 0.6 is 0 Å². The molecule has 2 heterocycles. The van der Waals surface area contributed by atoms with Gasteiger partial charge in [0.1, 0.15) is 0 Å². The molecule has 2 nitrogen and oxygen atoms in total. The van der Waals surface area contributed by atoms with E-state index in [0.717, 1.165) is 33.7 Å². The zero-order valence-electron chi connectivity index (χ0n) is 13.8. The maximum absolute atomic E-state index is 6.27. The van der Waals surface area contributed by atoms with E-state index in [0.29, 0.717) is 5.92 Å². The van der Waals surface area contributed by atoms with Crippen LogP contribution in [-0.4, -0.2) is 44.1 Å². The van der Waals surface area contributed by atoms with Gasteiger partial charge in [0, 0.05) is 33.7 Å². The van der Waals surface area contributed by atoms with Gasteiger partial charge in [0.2, 0.25) is 0 Å². The standard InChI is InChI=1S/C16H32O2Si2/c1-13(2)11-14(16(20)8-4-6-10-18-16)12-15(19)7-3-5-9-17-15/h12-13H,3-11H2,1-2,19-20H3. The second-order valence-corrected chi connectivity index (χ2v) is 10.7. The first-order valence-electron chi connectivity index (χ1n) is 8.44. The van der Waals surface area contributed by atoms with E-state index in [-0.39, 0.29) is 10.4 Å². The summed E-state index contributed by atoms with van der Waals surface area (Å²) in [5, 5.41) is 0.182. The van der Waals surface area contributed by atoms with Crippen LogP contribution in [0.2, 0.25) is 0 Å². The fraction of sp³-hybridized carbons (Fsp3) is 0.875. The van der Waals surface area contributed by atoms with Gasteiger partial charge in [0.05, 0.1) is 10.4 Å². The average molecular weight is 313 g/mol. The lowest BCUT2D eigenvalue weighted by molar-refractivity contribution is -0.00477. The molecule has 2 saturated heterocycles. The molecule has 0 spiro atoms. The molecule has 20 heavy (non-hydrogen) atoms. The minimum Gasteiger partial charge on any atom is -0.376 e. The molecule has 0 radical (unpaired) electrons. The van der Waals surface area contributed by atoms with E-state index >= 15 is 0 Å². The highest BCUT2D eigenvalue weighted by atomic mass is 28.1. The average Bonchev–Trinajstić information content (AvgIpc) is 2.39. The molecule has 2 aliphatic heterocycles. The Labute approximate surface area is 130 Å². The molecule has 0 amide bonds. The Hall–Kier alpha value is 0.0938. The van der Waals surface area contributed by atoms with Crippen LogP contribution in [0.3, 0.4) is 0 Å². The lowest BCUT2D eigenvalue weighted by atomic mass is 9.90. The smallest absolute Gasteiger partial charge is 0.0685 e. The highest BCUT2D eigenvalue weighted by Crippen LogP contribution is 2.36. The van der Waals surface area contributed by atoms with Gasteiger partial charge in [0.15, 0.2) is 0 Å². The van der Waals surface area contributed by atoms with Crippen molar-refractivity contribution in [3.8, 4) is 0 Å². The van der Waals surface area contributed by atoms with E-state index in [1.807, 2.05) is 0 Å². The van der Waals surface area contributed by atoms with Crippen molar-refractivity contribution in [3.05, 3.63) is 11.6 Å². The predicted octanol–water partition coefficient (Wildman–Crippen LogP) is 1.48. The van der Waals surface area contributed by atoms with Crippen molar-refractivity contribution in [2.75, 3.05) is 13.2 Å². The maximum atomic E-state index is 6.27. The molecule has 0 aromatic rings. The van der Waals surface area contributed by atoms with E-state index in [1.54, 1.807) is 5.57 Å². The molecule has 0 bridgehead atoms. The monoisotopic (exact) mass is 312 g/mol. The minimum absolute atomic E-state index is 0.0840. The molecule has 116 valence electrons. The number of ether oxygens (including phenoxy) is 2. The van der Waals surface area contributed by atoms with Crippen LogP contribution in [-0.2, 0) is 9.47 Å². The van der Waals surface area contributed by atoms with Crippen molar-refractivity contribution in [1.29, 1.82) is 0 Å². The van der Waals surface area contributed by atoms with Crippen molar-refractivity contribution in [2.24, 2.45) is 5.92 Å². The Morgan fingerprint density at radius 3 is 2.20 bits per heavy atom. The van der Waals surface area contributed by atoms with Gasteiger partial charge in [-0.3, -0.25) is 0 Å². The van der Waals surface area contributed by atoms with Crippen LogP contribution in [0.1, 0.15) is 58.8 Å². The van der Waals surface area contributed by atoms with Gasteiger partial charge in [-0.05, 0) is 56.4 Å². The summed E-state index contributed by atoms with van der Waals surface area (Å²) >= 11 is 0. The van der Waals surface area contributed by atoms with Crippen LogP contribution in [0.4, 0.5) is 0 Å². The van der Waals surface area contributed by atoms with Crippen molar-refractivity contribution in [3.63, 3.8) is 0 Å². The molecule has 2 rings (SSSR count). The normalized spacial score (nSPS) is 36.6. The van der Waals surface area contributed by atoms with Crippen LogP contribution in [0.25, 0.3) is 0 Å². The second kappa shape index (κ2) is 6.90. The van der Waals surface area contributed by atoms with Crippen LogP contribution in [0, 0.1) is 5.92 Å². The molecule has 0 saturated carbocycles. The lowest BCUT2D eigenvalue weighted by Crippen LogP contribution is -2.42. The predicted molar refractivity (Wildman–Crippen MR) is 92.5 cm³/mol.